The number of fused-ring (bicyclic) bond motifs is 2. The molecule has 3 heteroatoms. The Hall–Kier alpha value is -2.81. The molecule has 0 bridgehead atoms. The molecule has 108 valence electrons. The Kier molecular flexibility index (Phi) is 2.70. The van der Waals surface area contributed by atoms with Gasteiger partial charge in [-0.1, -0.05) is 48.6 Å². The highest BCUT2D eigenvalue weighted by Crippen LogP contribution is 2.36. The highest BCUT2D eigenvalue weighted by atomic mass is 16.3. The number of carbonyl (C=O) groups is 1. The Morgan fingerprint density at radius 3 is 2.64 bits per heavy atom. The van der Waals surface area contributed by atoms with Crippen molar-refractivity contribution in [2.75, 3.05) is 5.32 Å². The summed E-state index contributed by atoms with van der Waals surface area (Å²) in [5, 5.41) is 13.8. The summed E-state index contributed by atoms with van der Waals surface area (Å²) < 4.78 is 0. The largest absolute Gasteiger partial charge is 0.507 e. The molecule has 0 amide bonds. The zero-order valence-electron chi connectivity index (χ0n) is 12.1. The summed E-state index contributed by atoms with van der Waals surface area (Å²) in [6.45, 7) is 2.03. The predicted molar refractivity (Wildman–Crippen MR) is 87.9 cm³/mol. The molecule has 0 saturated heterocycles. The van der Waals surface area contributed by atoms with Crippen molar-refractivity contribution in [2.24, 2.45) is 0 Å². The predicted octanol–water partition coefficient (Wildman–Crippen LogP) is 3.97. The summed E-state index contributed by atoms with van der Waals surface area (Å²) in [5.74, 6) is -0.0230. The average molecular weight is 289 g/mol. The molecule has 0 saturated carbocycles. The topological polar surface area (TPSA) is 49.3 Å². The van der Waals surface area contributed by atoms with Gasteiger partial charge in [-0.3, -0.25) is 4.79 Å². The van der Waals surface area contributed by atoms with E-state index in [0.29, 0.717) is 16.7 Å². The van der Waals surface area contributed by atoms with Gasteiger partial charge in [-0.05, 0) is 24.1 Å². The van der Waals surface area contributed by atoms with E-state index in [2.05, 4.69) is 17.4 Å². The van der Waals surface area contributed by atoms with Crippen LogP contribution >= 0.6 is 0 Å². The zero-order chi connectivity index (χ0) is 15.3. The van der Waals surface area contributed by atoms with E-state index in [4.69, 9.17) is 0 Å². The van der Waals surface area contributed by atoms with Crippen LogP contribution in [0.15, 0.2) is 54.1 Å². The first-order chi connectivity index (χ1) is 10.6. The van der Waals surface area contributed by atoms with Gasteiger partial charge in [0.25, 0.3) is 0 Å². The Morgan fingerprint density at radius 2 is 1.86 bits per heavy atom. The van der Waals surface area contributed by atoms with Crippen LogP contribution in [0.1, 0.15) is 27.0 Å². The van der Waals surface area contributed by atoms with Crippen molar-refractivity contribution in [3.05, 3.63) is 76.4 Å². The van der Waals surface area contributed by atoms with E-state index >= 15 is 0 Å². The highest BCUT2D eigenvalue weighted by molar-refractivity contribution is 6.20. The van der Waals surface area contributed by atoms with E-state index in [1.807, 2.05) is 37.3 Å². The number of aliphatic hydroxyl groups is 1. The van der Waals surface area contributed by atoms with Gasteiger partial charge < -0.3 is 10.4 Å². The maximum Gasteiger partial charge on any atom is 0.195 e. The molecule has 0 aromatic heterocycles. The third-order valence-electron chi connectivity index (χ3n) is 4.23. The molecule has 3 nitrogen and oxygen atoms in total. The number of hydrogen-bond donors (Lipinski definition) is 2. The second-order valence-electron chi connectivity index (χ2n) is 5.71. The maximum atomic E-state index is 12.6. The van der Waals surface area contributed by atoms with E-state index in [0.717, 1.165) is 16.8 Å². The molecular weight excluding hydrogens is 274 g/mol. The minimum absolute atomic E-state index is 0.0823. The average Bonchev–Trinajstić information content (AvgIpc) is 2.79. The van der Waals surface area contributed by atoms with Crippen LogP contribution in [0.3, 0.4) is 0 Å². The molecule has 0 radical (unpaired) electrons. The van der Waals surface area contributed by atoms with Gasteiger partial charge in [0, 0.05) is 16.8 Å². The fraction of sp³-hybridized carbons (Fsp3) is 0.105. The number of anilines is 1. The molecule has 0 spiro atoms. The number of ketones is 1. The van der Waals surface area contributed by atoms with E-state index < -0.39 is 0 Å². The van der Waals surface area contributed by atoms with Crippen LogP contribution in [-0.2, 0) is 0 Å². The molecule has 2 aliphatic rings. The highest BCUT2D eigenvalue weighted by Gasteiger charge is 2.34. The molecule has 1 heterocycles. The number of rotatable bonds is 1. The van der Waals surface area contributed by atoms with Gasteiger partial charge in [0.05, 0.1) is 11.6 Å². The molecule has 4 rings (SSSR count). The molecule has 1 unspecified atom stereocenters. The van der Waals surface area contributed by atoms with Crippen molar-refractivity contribution < 1.29 is 9.90 Å². The summed E-state index contributed by atoms with van der Waals surface area (Å²) in [6.07, 6.45) is 3.92. The second kappa shape index (κ2) is 4.60. The lowest BCUT2D eigenvalue weighted by atomic mass is 9.96. The standard InChI is InChI=1S/C19H15NO2/c1-11-6-7-12-8-9-15(20-16(12)10-11)17-18(21)13-4-2-3-5-14(13)19(17)22/h2-10,15,20-21H,1H3. The van der Waals surface area contributed by atoms with Gasteiger partial charge >= 0.3 is 0 Å². The summed E-state index contributed by atoms with van der Waals surface area (Å²) in [6, 6.07) is 13.0. The van der Waals surface area contributed by atoms with Crippen molar-refractivity contribution in [1.82, 2.24) is 0 Å². The molecule has 22 heavy (non-hydrogen) atoms. The lowest BCUT2D eigenvalue weighted by molar-refractivity contribution is 0.103. The van der Waals surface area contributed by atoms with Crippen LogP contribution in [0.2, 0.25) is 0 Å². The molecular formula is C19H15NO2. The van der Waals surface area contributed by atoms with Crippen molar-refractivity contribution in [3.8, 4) is 0 Å². The van der Waals surface area contributed by atoms with Crippen molar-refractivity contribution >= 4 is 23.3 Å². The summed E-state index contributed by atoms with van der Waals surface area (Å²) >= 11 is 0. The first-order valence-corrected chi connectivity index (χ1v) is 7.28. The van der Waals surface area contributed by atoms with E-state index in [1.165, 1.54) is 0 Å². The Bertz CT molecular complexity index is 861. The van der Waals surface area contributed by atoms with Crippen LogP contribution in [0.4, 0.5) is 5.69 Å². The normalized spacial score (nSPS) is 19.0. The van der Waals surface area contributed by atoms with Gasteiger partial charge in [0.15, 0.2) is 5.78 Å². The van der Waals surface area contributed by atoms with Crippen LogP contribution < -0.4 is 5.32 Å². The van der Waals surface area contributed by atoms with Crippen molar-refractivity contribution in [1.29, 1.82) is 0 Å². The number of benzene rings is 2. The van der Waals surface area contributed by atoms with Gasteiger partial charge in [-0.15, -0.1) is 0 Å². The number of carbonyl (C=O) groups excluding carboxylic acids is 1. The minimum atomic E-state index is -0.311. The fourth-order valence-corrected chi connectivity index (χ4v) is 3.10. The lowest BCUT2D eigenvalue weighted by Crippen LogP contribution is -2.26. The number of hydrogen-bond acceptors (Lipinski definition) is 3. The fourth-order valence-electron chi connectivity index (χ4n) is 3.10. The van der Waals surface area contributed by atoms with E-state index in [-0.39, 0.29) is 17.6 Å². The smallest absolute Gasteiger partial charge is 0.195 e. The first-order valence-electron chi connectivity index (χ1n) is 7.28. The van der Waals surface area contributed by atoms with Crippen LogP contribution in [0, 0.1) is 6.92 Å². The van der Waals surface area contributed by atoms with Crippen LogP contribution in [-0.4, -0.2) is 16.9 Å². The summed E-state index contributed by atoms with van der Waals surface area (Å²) in [4.78, 5) is 12.6. The Balaban J connectivity index is 1.76. The maximum absolute atomic E-state index is 12.6. The summed E-state index contributed by atoms with van der Waals surface area (Å²) in [5.41, 5.74) is 4.83. The van der Waals surface area contributed by atoms with Gasteiger partial charge in [-0.25, -0.2) is 0 Å². The molecule has 2 aromatic carbocycles. The number of nitrogens with one attached hydrogen (secondary N) is 1. The quantitative estimate of drug-likeness (QED) is 0.835. The van der Waals surface area contributed by atoms with E-state index in [9.17, 15) is 9.90 Å². The Labute approximate surface area is 128 Å². The molecule has 2 N–H and O–H groups in total. The Morgan fingerprint density at radius 1 is 1.09 bits per heavy atom. The molecule has 1 atom stereocenters. The van der Waals surface area contributed by atoms with Gasteiger partial charge in [0.2, 0.25) is 0 Å². The van der Waals surface area contributed by atoms with Crippen molar-refractivity contribution in [2.45, 2.75) is 13.0 Å². The molecule has 1 aliphatic carbocycles. The molecule has 1 aliphatic heterocycles. The third kappa shape index (κ3) is 1.79. The van der Waals surface area contributed by atoms with E-state index in [1.54, 1.807) is 12.1 Å². The van der Waals surface area contributed by atoms with Gasteiger partial charge in [0.1, 0.15) is 5.76 Å². The molecule has 0 fully saturated rings. The number of aliphatic hydroxyl groups excluding tert-OH is 1. The number of Topliss-reactive ketones (excluding diaryl/α,β-unsaturated/α-hetero) is 1. The first kappa shape index (κ1) is 12.9. The number of aryl methyl sites for hydroxylation is 1. The zero-order valence-corrected chi connectivity index (χ0v) is 12.1. The molecule has 2 aromatic rings. The second-order valence-corrected chi connectivity index (χ2v) is 5.71. The minimum Gasteiger partial charge on any atom is -0.507 e. The summed E-state index contributed by atoms with van der Waals surface area (Å²) in [7, 11) is 0. The monoisotopic (exact) mass is 289 g/mol. The SMILES string of the molecule is Cc1ccc2c(c1)NC(C1=C(O)c3ccccc3C1=O)C=C2. The van der Waals surface area contributed by atoms with Crippen LogP contribution in [0.25, 0.3) is 11.8 Å². The van der Waals surface area contributed by atoms with Crippen molar-refractivity contribution in [3.63, 3.8) is 0 Å². The van der Waals surface area contributed by atoms with Crippen LogP contribution in [0.5, 0.6) is 0 Å². The lowest BCUT2D eigenvalue weighted by Gasteiger charge is -2.23. The van der Waals surface area contributed by atoms with Gasteiger partial charge in [-0.2, -0.15) is 0 Å². The third-order valence-corrected chi connectivity index (χ3v) is 4.23.